The third-order valence-electron chi connectivity index (χ3n) is 3.59. The molecule has 5 nitrogen and oxygen atoms in total. The molecule has 0 aromatic carbocycles. The van der Waals surface area contributed by atoms with Gasteiger partial charge in [0.2, 0.25) is 0 Å². The van der Waals surface area contributed by atoms with Crippen LogP contribution in [0.5, 0.6) is 0 Å². The predicted molar refractivity (Wildman–Crippen MR) is 64.1 cm³/mol. The zero-order valence-electron chi connectivity index (χ0n) is 9.80. The predicted octanol–water partition coefficient (Wildman–Crippen LogP) is -1.25. The van der Waals surface area contributed by atoms with Crippen molar-refractivity contribution in [2.45, 2.75) is 18.5 Å². The summed E-state index contributed by atoms with van der Waals surface area (Å²) >= 11 is 0. The average Bonchev–Trinajstić information content (AvgIpc) is 2.37. The molecule has 6 heteroatoms. The molecule has 2 rings (SSSR count). The molecule has 0 bridgehead atoms. The third-order valence-corrected chi connectivity index (χ3v) is 5.33. The number of likely N-dealkylation sites (N-methyl/N-ethyl adjacent to an activating group) is 1. The topological polar surface area (TPSA) is 66.6 Å². The van der Waals surface area contributed by atoms with Crippen LogP contribution in [0.4, 0.5) is 0 Å². The van der Waals surface area contributed by atoms with Crippen molar-refractivity contribution in [1.29, 1.82) is 0 Å². The van der Waals surface area contributed by atoms with Gasteiger partial charge in [-0.3, -0.25) is 4.90 Å². The standard InChI is InChI=1S/C10H21N3O2S/c1-12-3-2-4-13(6-5-12)10-8-16(14,15)7-9(10)11/h9-10H,2-8,11H2,1H3. The Balaban J connectivity index is 2.02. The van der Waals surface area contributed by atoms with E-state index >= 15 is 0 Å². The summed E-state index contributed by atoms with van der Waals surface area (Å²) in [6.45, 7) is 4.00. The van der Waals surface area contributed by atoms with Gasteiger partial charge in [0.1, 0.15) is 0 Å². The first-order valence-corrected chi connectivity index (χ1v) is 7.69. The lowest BCUT2D eigenvalue weighted by Gasteiger charge is -2.29. The fourth-order valence-electron chi connectivity index (χ4n) is 2.63. The average molecular weight is 247 g/mol. The molecule has 0 aromatic rings. The minimum atomic E-state index is -2.90. The molecule has 94 valence electrons. The van der Waals surface area contributed by atoms with E-state index in [2.05, 4.69) is 16.8 Å². The van der Waals surface area contributed by atoms with Gasteiger partial charge in [-0.1, -0.05) is 0 Å². The lowest BCUT2D eigenvalue weighted by atomic mass is 10.1. The van der Waals surface area contributed by atoms with Gasteiger partial charge in [0.15, 0.2) is 9.84 Å². The zero-order chi connectivity index (χ0) is 11.8. The molecule has 0 saturated carbocycles. The Labute approximate surface area is 97.5 Å². The fraction of sp³-hybridized carbons (Fsp3) is 1.00. The van der Waals surface area contributed by atoms with Gasteiger partial charge < -0.3 is 10.6 Å². The monoisotopic (exact) mass is 247 g/mol. The van der Waals surface area contributed by atoms with Crippen molar-refractivity contribution in [3.8, 4) is 0 Å². The summed E-state index contributed by atoms with van der Waals surface area (Å²) in [6, 6.07) is -0.162. The first-order valence-electron chi connectivity index (χ1n) is 5.86. The van der Waals surface area contributed by atoms with Crippen molar-refractivity contribution in [2.75, 3.05) is 44.7 Å². The maximum atomic E-state index is 11.5. The molecular formula is C10H21N3O2S. The smallest absolute Gasteiger partial charge is 0.153 e. The molecule has 0 aromatic heterocycles. The summed E-state index contributed by atoms with van der Waals surface area (Å²) in [6.07, 6.45) is 1.10. The van der Waals surface area contributed by atoms with E-state index in [-0.39, 0.29) is 23.6 Å². The van der Waals surface area contributed by atoms with Crippen LogP contribution >= 0.6 is 0 Å². The van der Waals surface area contributed by atoms with E-state index in [0.717, 1.165) is 32.6 Å². The Morgan fingerprint density at radius 3 is 2.50 bits per heavy atom. The van der Waals surface area contributed by atoms with Crippen LogP contribution in [0.1, 0.15) is 6.42 Å². The number of hydrogen-bond acceptors (Lipinski definition) is 5. The zero-order valence-corrected chi connectivity index (χ0v) is 10.6. The normalized spacial score (nSPS) is 37.4. The Morgan fingerprint density at radius 2 is 1.88 bits per heavy atom. The first kappa shape index (κ1) is 12.3. The molecule has 0 radical (unpaired) electrons. The van der Waals surface area contributed by atoms with E-state index in [1.54, 1.807) is 0 Å². The quantitative estimate of drug-likeness (QED) is 0.627. The van der Waals surface area contributed by atoms with Crippen LogP contribution in [0.25, 0.3) is 0 Å². The molecule has 2 aliphatic rings. The molecule has 2 N–H and O–H groups in total. The second kappa shape index (κ2) is 4.60. The van der Waals surface area contributed by atoms with E-state index in [9.17, 15) is 8.42 Å². The van der Waals surface area contributed by atoms with Crippen molar-refractivity contribution in [2.24, 2.45) is 5.73 Å². The Kier molecular flexibility index (Phi) is 3.53. The van der Waals surface area contributed by atoms with Crippen molar-refractivity contribution in [3.63, 3.8) is 0 Å². The Morgan fingerprint density at radius 1 is 1.12 bits per heavy atom. The Bertz CT molecular complexity index is 344. The van der Waals surface area contributed by atoms with Gasteiger partial charge in [0.05, 0.1) is 11.5 Å². The molecule has 2 heterocycles. The fourth-order valence-corrected chi connectivity index (χ4v) is 4.55. The summed E-state index contributed by atoms with van der Waals surface area (Å²) in [7, 11) is -0.794. The van der Waals surface area contributed by atoms with Gasteiger partial charge in [0, 0.05) is 25.2 Å². The third kappa shape index (κ3) is 2.74. The highest BCUT2D eigenvalue weighted by atomic mass is 32.2. The number of nitrogens with zero attached hydrogens (tertiary/aromatic N) is 2. The van der Waals surface area contributed by atoms with Crippen LogP contribution in [-0.4, -0.2) is 75.0 Å². The molecule has 16 heavy (non-hydrogen) atoms. The van der Waals surface area contributed by atoms with Gasteiger partial charge in [-0.05, 0) is 26.6 Å². The minimum Gasteiger partial charge on any atom is -0.325 e. The van der Waals surface area contributed by atoms with Crippen LogP contribution in [0.15, 0.2) is 0 Å². The highest BCUT2D eigenvalue weighted by Crippen LogP contribution is 2.18. The van der Waals surface area contributed by atoms with Crippen molar-refractivity contribution < 1.29 is 8.42 Å². The lowest BCUT2D eigenvalue weighted by Crippen LogP contribution is -2.48. The maximum absolute atomic E-state index is 11.5. The van der Waals surface area contributed by atoms with Crippen LogP contribution in [0, 0.1) is 0 Å². The summed E-state index contributed by atoms with van der Waals surface area (Å²) in [4.78, 5) is 4.55. The van der Waals surface area contributed by atoms with E-state index in [0.29, 0.717) is 0 Å². The minimum absolute atomic E-state index is 0.0384. The van der Waals surface area contributed by atoms with Crippen molar-refractivity contribution in [1.82, 2.24) is 9.80 Å². The lowest BCUT2D eigenvalue weighted by molar-refractivity contribution is 0.204. The second-order valence-corrected chi connectivity index (χ2v) is 7.15. The van der Waals surface area contributed by atoms with Gasteiger partial charge in [-0.25, -0.2) is 8.42 Å². The van der Waals surface area contributed by atoms with Gasteiger partial charge >= 0.3 is 0 Å². The van der Waals surface area contributed by atoms with Crippen molar-refractivity contribution in [3.05, 3.63) is 0 Å². The summed E-state index contributed by atoms with van der Waals surface area (Å²) < 4.78 is 23.1. The number of sulfone groups is 1. The van der Waals surface area contributed by atoms with E-state index in [4.69, 9.17) is 5.73 Å². The van der Waals surface area contributed by atoms with Gasteiger partial charge in [-0.15, -0.1) is 0 Å². The maximum Gasteiger partial charge on any atom is 0.153 e. The van der Waals surface area contributed by atoms with Crippen LogP contribution in [0.2, 0.25) is 0 Å². The molecule has 2 aliphatic heterocycles. The molecule has 2 fully saturated rings. The summed E-state index contributed by atoms with van der Waals surface area (Å²) in [5.41, 5.74) is 5.94. The van der Waals surface area contributed by atoms with E-state index < -0.39 is 9.84 Å². The first-order chi connectivity index (χ1) is 7.48. The molecule has 0 spiro atoms. The molecule has 2 atom stereocenters. The summed E-state index contributed by atoms with van der Waals surface area (Å²) in [5, 5.41) is 0. The highest BCUT2D eigenvalue weighted by Gasteiger charge is 2.38. The molecule has 2 unspecified atom stereocenters. The number of nitrogens with two attached hydrogens (primary N) is 1. The molecule has 2 saturated heterocycles. The van der Waals surface area contributed by atoms with Crippen molar-refractivity contribution >= 4 is 9.84 Å². The summed E-state index contributed by atoms with van der Waals surface area (Å²) in [5.74, 6) is 0.405. The number of rotatable bonds is 1. The Hall–Kier alpha value is -0.170. The van der Waals surface area contributed by atoms with Crippen LogP contribution in [-0.2, 0) is 9.84 Å². The van der Waals surface area contributed by atoms with E-state index in [1.165, 1.54) is 0 Å². The molecule has 0 aliphatic carbocycles. The van der Waals surface area contributed by atoms with Crippen LogP contribution in [0.3, 0.4) is 0 Å². The molecular weight excluding hydrogens is 226 g/mol. The van der Waals surface area contributed by atoms with E-state index in [1.807, 2.05) is 0 Å². The van der Waals surface area contributed by atoms with Gasteiger partial charge in [0.25, 0.3) is 0 Å². The van der Waals surface area contributed by atoms with Gasteiger partial charge in [-0.2, -0.15) is 0 Å². The SMILES string of the molecule is CN1CCCN(C2CS(=O)(=O)CC2N)CC1. The highest BCUT2D eigenvalue weighted by molar-refractivity contribution is 7.91. The van der Waals surface area contributed by atoms with Crippen LogP contribution < -0.4 is 5.73 Å². The molecule has 0 amide bonds. The number of hydrogen-bond donors (Lipinski definition) is 1. The largest absolute Gasteiger partial charge is 0.325 e. The second-order valence-electron chi connectivity index (χ2n) is 5.00.